The fourth-order valence-corrected chi connectivity index (χ4v) is 2.58. The monoisotopic (exact) mass is 261 g/mol. The minimum absolute atomic E-state index is 0.0561. The SMILES string of the molecule is Cc1ccnc(Sc2ccccc2F)c1C(=N)N. The molecule has 2 rings (SSSR count). The molecule has 92 valence electrons. The van der Waals surface area contributed by atoms with Crippen LogP contribution in [0.3, 0.4) is 0 Å². The van der Waals surface area contributed by atoms with Gasteiger partial charge in [0.2, 0.25) is 0 Å². The molecule has 3 nitrogen and oxygen atoms in total. The van der Waals surface area contributed by atoms with Crippen molar-refractivity contribution in [3.8, 4) is 0 Å². The van der Waals surface area contributed by atoms with E-state index >= 15 is 0 Å². The van der Waals surface area contributed by atoms with Crippen LogP contribution in [0.25, 0.3) is 0 Å². The number of rotatable bonds is 3. The van der Waals surface area contributed by atoms with Crippen molar-refractivity contribution in [2.75, 3.05) is 0 Å². The number of pyridine rings is 1. The summed E-state index contributed by atoms with van der Waals surface area (Å²) in [4.78, 5) is 4.64. The maximum absolute atomic E-state index is 13.6. The number of hydrogen-bond donors (Lipinski definition) is 2. The topological polar surface area (TPSA) is 62.8 Å². The average Bonchev–Trinajstić information content (AvgIpc) is 2.31. The molecule has 1 heterocycles. The second-order valence-electron chi connectivity index (χ2n) is 3.75. The van der Waals surface area contributed by atoms with Gasteiger partial charge in [-0.2, -0.15) is 0 Å². The van der Waals surface area contributed by atoms with Crippen molar-refractivity contribution < 1.29 is 4.39 Å². The van der Waals surface area contributed by atoms with E-state index in [-0.39, 0.29) is 11.7 Å². The third kappa shape index (κ3) is 2.51. The Kier molecular flexibility index (Phi) is 3.62. The number of halogens is 1. The predicted octanol–water partition coefficient (Wildman–Crippen LogP) is 2.96. The maximum atomic E-state index is 13.6. The van der Waals surface area contributed by atoms with Gasteiger partial charge in [0.15, 0.2) is 0 Å². The van der Waals surface area contributed by atoms with E-state index in [1.165, 1.54) is 17.8 Å². The molecule has 5 heteroatoms. The highest BCUT2D eigenvalue weighted by Gasteiger charge is 2.13. The van der Waals surface area contributed by atoms with Gasteiger partial charge in [-0.05, 0) is 30.7 Å². The van der Waals surface area contributed by atoms with Gasteiger partial charge in [-0.25, -0.2) is 9.37 Å². The number of amidine groups is 1. The summed E-state index contributed by atoms with van der Waals surface area (Å²) in [6.45, 7) is 1.85. The van der Waals surface area contributed by atoms with E-state index in [1.807, 2.05) is 6.92 Å². The number of nitrogen functional groups attached to an aromatic ring is 1. The van der Waals surface area contributed by atoms with Gasteiger partial charge >= 0.3 is 0 Å². The van der Waals surface area contributed by atoms with Crippen LogP contribution in [0, 0.1) is 18.2 Å². The summed E-state index contributed by atoms with van der Waals surface area (Å²) >= 11 is 1.18. The Balaban J connectivity index is 2.44. The van der Waals surface area contributed by atoms with Crippen LogP contribution >= 0.6 is 11.8 Å². The molecule has 0 saturated carbocycles. The molecule has 18 heavy (non-hydrogen) atoms. The van der Waals surface area contributed by atoms with Crippen LogP contribution in [0.4, 0.5) is 4.39 Å². The first kappa shape index (κ1) is 12.6. The zero-order valence-electron chi connectivity index (χ0n) is 9.77. The summed E-state index contributed by atoms with van der Waals surface area (Å²) in [6, 6.07) is 8.24. The highest BCUT2D eigenvalue weighted by molar-refractivity contribution is 7.99. The third-order valence-corrected chi connectivity index (χ3v) is 3.49. The van der Waals surface area contributed by atoms with Gasteiger partial charge in [0.05, 0.1) is 5.56 Å². The minimum Gasteiger partial charge on any atom is -0.384 e. The summed E-state index contributed by atoms with van der Waals surface area (Å²) in [6.07, 6.45) is 1.63. The molecule has 2 aromatic rings. The van der Waals surface area contributed by atoms with Gasteiger partial charge in [0, 0.05) is 11.1 Å². The molecule has 0 saturated heterocycles. The molecule has 0 bridgehead atoms. The average molecular weight is 261 g/mol. The van der Waals surface area contributed by atoms with Gasteiger partial charge in [-0.3, -0.25) is 5.41 Å². The van der Waals surface area contributed by atoms with E-state index in [9.17, 15) is 4.39 Å². The largest absolute Gasteiger partial charge is 0.384 e. The number of aromatic nitrogens is 1. The second-order valence-corrected chi connectivity index (χ2v) is 4.78. The van der Waals surface area contributed by atoms with Gasteiger partial charge in [-0.1, -0.05) is 23.9 Å². The van der Waals surface area contributed by atoms with Crippen molar-refractivity contribution in [3.05, 3.63) is 53.5 Å². The van der Waals surface area contributed by atoms with Crippen LogP contribution < -0.4 is 5.73 Å². The number of nitrogens with two attached hydrogens (primary N) is 1. The van der Waals surface area contributed by atoms with Crippen molar-refractivity contribution in [1.82, 2.24) is 4.98 Å². The normalized spacial score (nSPS) is 10.3. The van der Waals surface area contributed by atoms with E-state index in [1.54, 1.807) is 30.5 Å². The first-order valence-electron chi connectivity index (χ1n) is 5.32. The number of benzene rings is 1. The van der Waals surface area contributed by atoms with Crippen molar-refractivity contribution >= 4 is 17.6 Å². The Morgan fingerprint density at radius 1 is 1.33 bits per heavy atom. The van der Waals surface area contributed by atoms with Crippen LogP contribution in [0.15, 0.2) is 46.5 Å². The van der Waals surface area contributed by atoms with Gasteiger partial charge in [0.25, 0.3) is 0 Å². The van der Waals surface area contributed by atoms with E-state index in [2.05, 4.69) is 4.98 Å². The van der Waals surface area contributed by atoms with Crippen LogP contribution in [0.5, 0.6) is 0 Å². The Bertz CT molecular complexity index is 599. The van der Waals surface area contributed by atoms with Crippen LogP contribution in [0.2, 0.25) is 0 Å². The summed E-state index contributed by atoms with van der Waals surface area (Å²) in [5.41, 5.74) is 6.96. The van der Waals surface area contributed by atoms with Crippen LogP contribution in [0.1, 0.15) is 11.1 Å². The summed E-state index contributed by atoms with van der Waals surface area (Å²) in [7, 11) is 0. The molecular weight excluding hydrogens is 249 g/mol. The van der Waals surface area contributed by atoms with E-state index in [0.717, 1.165) is 5.56 Å². The lowest BCUT2D eigenvalue weighted by Crippen LogP contribution is -2.14. The smallest absolute Gasteiger partial charge is 0.137 e. The Labute approximate surface area is 109 Å². The molecule has 0 aliphatic carbocycles. The standard InChI is InChI=1S/C13H12FN3S/c1-8-6-7-17-13(11(8)12(15)16)18-10-5-3-2-4-9(10)14/h2-7H,1H3,(H3,15,16). The first-order valence-corrected chi connectivity index (χ1v) is 6.13. The number of aryl methyl sites for hydroxylation is 1. The molecule has 0 fully saturated rings. The molecule has 0 spiro atoms. The summed E-state index contributed by atoms with van der Waals surface area (Å²) in [5, 5.41) is 8.12. The van der Waals surface area contributed by atoms with Crippen molar-refractivity contribution in [2.24, 2.45) is 5.73 Å². The zero-order chi connectivity index (χ0) is 13.1. The molecule has 0 amide bonds. The quantitative estimate of drug-likeness (QED) is 0.659. The summed E-state index contributed by atoms with van der Waals surface area (Å²) in [5.74, 6) is -0.361. The Morgan fingerprint density at radius 2 is 2.06 bits per heavy atom. The lowest BCUT2D eigenvalue weighted by atomic mass is 10.1. The second kappa shape index (κ2) is 5.18. The molecule has 0 radical (unpaired) electrons. The number of nitrogens with zero attached hydrogens (tertiary/aromatic N) is 1. The van der Waals surface area contributed by atoms with Crippen LogP contribution in [-0.4, -0.2) is 10.8 Å². The first-order chi connectivity index (χ1) is 8.59. The lowest BCUT2D eigenvalue weighted by Gasteiger charge is -2.09. The molecule has 0 unspecified atom stereocenters. The molecule has 3 N–H and O–H groups in total. The highest BCUT2D eigenvalue weighted by atomic mass is 32.2. The molecular formula is C13H12FN3S. The Hall–Kier alpha value is -1.88. The molecule has 0 aliphatic heterocycles. The summed E-state index contributed by atoms with van der Waals surface area (Å²) < 4.78 is 13.6. The molecule has 1 aromatic carbocycles. The highest BCUT2D eigenvalue weighted by Crippen LogP contribution is 2.31. The van der Waals surface area contributed by atoms with Crippen molar-refractivity contribution in [1.29, 1.82) is 5.41 Å². The predicted molar refractivity (Wildman–Crippen MR) is 70.5 cm³/mol. The van der Waals surface area contributed by atoms with E-state index < -0.39 is 0 Å². The molecule has 0 atom stereocenters. The lowest BCUT2D eigenvalue weighted by molar-refractivity contribution is 0.602. The van der Waals surface area contributed by atoms with Crippen molar-refractivity contribution in [2.45, 2.75) is 16.8 Å². The number of hydrogen-bond acceptors (Lipinski definition) is 3. The van der Waals surface area contributed by atoms with Crippen LogP contribution in [-0.2, 0) is 0 Å². The fraction of sp³-hybridized carbons (Fsp3) is 0.0769. The number of nitrogens with one attached hydrogen (secondary N) is 1. The zero-order valence-corrected chi connectivity index (χ0v) is 10.6. The minimum atomic E-state index is -0.305. The van der Waals surface area contributed by atoms with Gasteiger partial charge in [-0.15, -0.1) is 0 Å². The Morgan fingerprint density at radius 3 is 2.72 bits per heavy atom. The molecule has 1 aromatic heterocycles. The van der Waals surface area contributed by atoms with Gasteiger partial charge in [0.1, 0.15) is 16.7 Å². The fourth-order valence-electron chi connectivity index (χ4n) is 1.57. The third-order valence-electron chi connectivity index (χ3n) is 2.44. The van der Waals surface area contributed by atoms with Gasteiger partial charge < -0.3 is 5.73 Å². The van der Waals surface area contributed by atoms with Crippen molar-refractivity contribution in [3.63, 3.8) is 0 Å². The van der Waals surface area contributed by atoms with E-state index in [0.29, 0.717) is 15.5 Å². The maximum Gasteiger partial charge on any atom is 0.137 e. The molecule has 0 aliphatic rings. The van der Waals surface area contributed by atoms with E-state index in [4.69, 9.17) is 11.1 Å².